The van der Waals surface area contributed by atoms with Gasteiger partial charge in [-0.3, -0.25) is 0 Å². The first-order valence-electron chi connectivity index (χ1n) is 8.68. The Morgan fingerprint density at radius 1 is 1.00 bits per heavy atom. The zero-order valence-electron chi connectivity index (χ0n) is 15.2. The minimum Gasteiger partial charge on any atom is -0.326 e. The molecule has 4 rings (SSSR count). The third kappa shape index (κ3) is 4.01. The number of hydrogen-bond donors (Lipinski definition) is 0. The molecule has 4 aromatic rings. The third-order valence-electron chi connectivity index (χ3n) is 4.42. The van der Waals surface area contributed by atoms with E-state index in [4.69, 9.17) is 0 Å². The molecule has 138 valence electrons. The quantitative estimate of drug-likeness (QED) is 0.350. The number of aromatic nitrogens is 6. The fraction of sp³-hybridized carbons (Fsp3) is 0.263. The lowest BCUT2D eigenvalue weighted by atomic mass is 10.1. The molecule has 0 spiro atoms. The molecule has 0 saturated heterocycles. The molecule has 0 fully saturated rings. The highest BCUT2D eigenvalue weighted by atomic mass is 32.2. The zero-order valence-corrected chi connectivity index (χ0v) is 16.9. The number of benzene rings is 2. The average molecular weight is 397 g/mol. The summed E-state index contributed by atoms with van der Waals surface area (Å²) >= 11 is 3.56. The van der Waals surface area contributed by atoms with Gasteiger partial charge in [-0.05, 0) is 46.7 Å². The standard InChI is InChI=1S/C19H20N6S2/c1-14-15(12-25-13-20-16-7-3-4-8-17(16)25)6-5-9-18(14)26-10-11-27-19-21-22-23-24(19)2/h3-9,13H,10-12H2,1-2H3. The molecule has 2 aromatic carbocycles. The molecule has 6 nitrogen and oxygen atoms in total. The average Bonchev–Trinajstić information content (AvgIpc) is 3.28. The second kappa shape index (κ2) is 8.14. The van der Waals surface area contributed by atoms with Crippen molar-refractivity contribution in [3.8, 4) is 0 Å². The predicted molar refractivity (Wildman–Crippen MR) is 110 cm³/mol. The number of hydrogen-bond acceptors (Lipinski definition) is 6. The fourth-order valence-corrected chi connectivity index (χ4v) is 4.84. The van der Waals surface area contributed by atoms with E-state index in [1.807, 2.05) is 31.2 Å². The molecule has 0 unspecified atom stereocenters. The molecule has 0 N–H and O–H groups in total. The van der Waals surface area contributed by atoms with Crippen molar-refractivity contribution < 1.29 is 0 Å². The Labute approximate surface area is 166 Å². The first kappa shape index (κ1) is 18.1. The number of thioether (sulfide) groups is 2. The summed E-state index contributed by atoms with van der Waals surface area (Å²) in [6.07, 6.45) is 1.93. The van der Waals surface area contributed by atoms with E-state index in [1.54, 1.807) is 16.4 Å². The molecular formula is C19H20N6S2. The van der Waals surface area contributed by atoms with Crippen LogP contribution in [0.4, 0.5) is 0 Å². The second-order valence-electron chi connectivity index (χ2n) is 6.18. The maximum atomic E-state index is 4.50. The van der Waals surface area contributed by atoms with E-state index in [9.17, 15) is 0 Å². The number of tetrazole rings is 1. The molecule has 0 saturated carbocycles. The largest absolute Gasteiger partial charge is 0.326 e. The molecule has 27 heavy (non-hydrogen) atoms. The Morgan fingerprint density at radius 2 is 1.85 bits per heavy atom. The third-order valence-corrected chi connectivity index (χ3v) is 6.85. The van der Waals surface area contributed by atoms with Gasteiger partial charge in [-0.15, -0.1) is 16.9 Å². The van der Waals surface area contributed by atoms with E-state index in [-0.39, 0.29) is 0 Å². The first-order valence-corrected chi connectivity index (χ1v) is 10.7. The van der Waals surface area contributed by atoms with Crippen LogP contribution >= 0.6 is 23.5 Å². The van der Waals surface area contributed by atoms with Crippen LogP contribution in [0.2, 0.25) is 0 Å². The van der Waals surface area contributed by atoms with Gasteiger partial charge >= 0.3 is 0 Å². The van der Waals surface area contributed by atoms with E-state index in [1.165, 1.54) is 21.5 Å². The molecule has 2 heterocycles. The summed E-state index contributed by atoms with van der Waals surface area (Å²) < 4.78 is 3.92. The number of para-hydroxylation sites is 2. The lowest BCUT2D eigenvalue weighted by Crippen LogP contribution is -2.01. The monoisotopic (exact) mass is 396 g/mol. The molecule has 0 bridgehead atoms. The smallest absolute Gasteiger partial charge is 0.209 e. The predicted octanol–water partition coefficient (Wildman–Crippen LogP) is 3.80. The maximum absolute atomic E-state index is 4.50. The number of rotatable bonds is 7. The van der Waals surface area contributed by atoms with Crippen LogP contribution in [0.3, 0.4) is 0 Å². The Morgan fingerprint density at radius 3 is 2.70 bits per heavy atom. The summed E-state index contributed by atoms with van der Waals surface area (Å²) in [6.45, 7) is 3.04. The highest BCUT2D eigenvalue weighted by Gasteiger charge is 2.08. The molecule has 8 heteroatoms. The van der Waals surface area contributed by atoms with Crippen LogP contribution in [0.15, 0.2) is 58.8 Å². The lowest BCUT2D eigenvalue weighted by molar-refractivity contribution is 0.665. The van der Waals surface area contributed by atoms with Crippen molar-refractivity contribution in [3.63, 3.8) is 0 Å². The molecule has 0 aliphatic heterocycles. The molecule has 0 radical (unpaired) electrons. The number of aryl methyl sites for hydroxylation is 1. The number of imidazole rings is 1. The summed E-state index contributed by atoms with van der Waals surface area (Å²) in [4.78, 5) is 5.82. The van der Waals surface area contributed by atoms with Crippen LogP contribution in [0, 0.1) is 6.92 Å². The molecule has 2 aromatic heterocycles. The highest BCUT2D eigenvalue weighted by molar-refractivity contribution is 8.02. The van der Waals surface area contributed by atoms with Gasteiger partial charge in [-0.1, -0.05) is 36.0 Å². The number of nitrogens with zero attached hydrogens (tertiary/aromatic N) is 6. The van der Waals surface area contributed by atoms with Crippen LogP contribution in [-0.2, 0) is 13.6 Å². The van der Waals surface area contributed by atoms with Crippen molar-refractivity contribution in [2.75, 3.05) is 11.5 Å². The van der Waals surface area contributed by atoms with Crippen molar-refractivity contribution in [1.29, 1.82) is 0 Å². The molecular weight excluding hydrogens is 376 g/mol. The number of fused-ring (bicyclic) bond motifs is 1. The first-order chi connectivity index (χ1) is 13.2. The van der Waals surface area contributed by atoms with Crippen molar-refractivity contribution >= 4 is 34.6 Å². The van der Waals surface area contributed by atoms with Gasteiger partial charge in [0.05, 0.1) is 17.4 Å². The fourth-order valence-electron chi connectivity index (χ4n) is 2.94. The van der Waals surface area contributed by atoms with Crippen LogP contribution < -0.4 is 0 Å². The summed E-state index contributed by atoms with van der Waals surface area (Å²) in [6, 6.07) is 14.8. The van der Waals surface area contributed by atoms with Crippen molar-refractivity contribution in [3.05, 3.63) is 59.9 Å². The van der Waals surface area contributed by atoms with Gasteiger partial charge in [0.15, 0.2) is 0 Å². The minimum atomic E-state index is 0.833. The van der Waals surface area contributed by atoms with Crippen molar-refractivity contribution in [2.24, 2.45) is 7.05 Å². The molecule has 0 atom stereocenters. The summed E-state index contributed by atoms with van der Waals surface area (Å²) in [5.74, 6) is 1.98. The Balaban J connectivity index is 1.42. The summed E-state index contributed by atoms with van der Waals surface area (Å²) in [7, 11) is 1.86. The lowest BCUT2D eigenvalue weighted by Gasteiger charge is -2.12. The molecule has 0 aliphatic carbocycles. The maximum Gasteiger partial charge on any atom is 0.209 e. The van der Waals surface area contributed by atoms with Crippen molar-refractivity contribution in [1.82, 2.24) is 29.8 Å². The van der Waals surface area contributed by atoms with Crippen LogP contribution in [-0.4, -0.2) is 41.3 Å². The van der Waals surface area contributed by atoms with Gasteiger partial charge in [0, 0.05) is 30.0 Å². The van der Waals surface area contributed by atoms with Gasteiger partial charge in [0.1, 0.15) is 0 Å². The SMILES string of the molecule is Cc1c(Cn2cnc3ccccc32)cccc1SCCSc1nnnn1C. The molecule has 0 amide bonds. The summed E-state index contributed by atoms with van der Waals surface area (Å²) in [5, 5.41) is 12.4. The van der Waals surface area contributed by atoms with Gasteiger partial charge in [0.2, 0.25) is 5.16 Å². The zero-order chi connectivity index (χ0) is 18.6. The van der Waals surface area contributed by atoms with Gasteiger partial charge in [-0.25, -0.2) is 9.67 Å². The Bertz CT molecular complexity index is 1060. The summed E-state index contributed by atoms with van der Waals surface area (Å²) in [5.41, 5.74) is 4.87. The van der Waals surface area contributed by atoms with E-state index < -0.39 is 0 Å². The van der Waals surface area contributed by atoms with E-state index in [0.29, 0.717) is 0 Å². The van der Waals surface area contributed by atoms with E-state index in [0.717, 1.165) is 28.7 Å². The topological polar surface area (TPSA) is 61.4 Å². The van der Waals surface area contributed by atoms with Crippen LogP contribution in [0.1, 0.15) is 11.1 Å². The van der Waals surface area contributed by atoms with Gasteiger partial charge in [-0.2, -0.15) is 0 Å². The normalized spacial score (nSPS) is 11.3. The van der Waals surface area contributed by atoms with E-state index in [2.05, 4.69) is 68.4 Å². The second-order valence-corrected chi connectivity index (χ2v) is 8.38. The molecule has 0 aliphatic rings. The Hall–Kier alpha value is -2.32. The van der Waals surface area contributed by atoms with Crippen LogP contribution in [0.5, 0.6) is 0 Å². The van der Waals surface area contributed by atoms with Crippen molar-refractivity contribution in [2.45, 2.75) is 23.5 Å². The Kier molecular flexibility index (Phi) is 5.45. The van der Waals surface area contributed by atoms with Gasteiger partial charge < -0.3 is 4.57 Å². The highest BCUT2D eigenvalue weighted by Crippen LogP contribution is 2.27. The van der Waals surface area contributed by atoms with Crippen LogP contribution in [0.25, 0.3) is 11.0 Å². The van der Waals surface area contributed by atoms with E-state index >= 15 is 0 Å². The minimum absolute atomic E-state index is 0.833. The van der Waals surface area contributed by atoms with Gasteiger partial charge in [0.25, 0.3) is 0 Å².